The third kappa shape index (κ3) is 4.40. The summed E-state index contributed by atoms with van der Waals surface area (Å²) in [5.74, 6) is 0.771. The number of ether oxygens (including phenoxy) is 1. The van der Waals surface area contributed by atoms with Crippen molar-refractivity contribution in [2.24, 2.45) is 0 Å². The average Bonchev–Trinajstić information content (AvgIpc) is 2.56. The van der Waals surface area contributed by atoms with Crippen LogP contribution >= 0.6 is 0 Å². The first-order valence-electron chi connectivity index (χ1n) is 7.04. The molecule has 0 radical (unpaired) electrons. The van der Waals surface area contributed by atoms with Crippen LogP contribution in [0.1, 0.15) is 17.2 Å². The SMILES string of the molecule is COc1cccc([C@H](CO)NCc2ccc([S@](C)=O)cc2)c1. The maximum Gasteiger partial charge on any atom is 0.119 e. The summed E-state index contributed by atoms with van der Waals surface area (Å²) in [4.78, 5) is 0.815. The molecule has 2 rings (SSSR count). The van der Waals surface area contributed by atoms with Crippen LogP contribution in [0.15, 0.2) is 53.4 Å². The molecule has 4 nitrogen and oxygen atoms in total. The Kier molecular flexibility index (Phi) is 6.12. The van der Waals surface area contributed by atoms with Gasteiger partial charge in [-0.2, -0.15) is 0 Å². The van der Waals surface area contributed by atoms with Crippen molar-refractivity contribution in [1.82, 2.24) is 5.32 Å². The molecule has 0 aromatic heterocycles. The fourth-order valence-electron chi connectivity index (χ4n) is 2.19. The summed E-state index contributed by atoms with van der Waals surface area (Å²) in [5.41, 5.74) is 2.06. The normalized spacial score (nSPS) is 13.6. The van der Waals surface area contributed by atoms with E-state index in [0.29, 0.717) is 6.54 Å². The largest absolute Gasteiger partial charge is 0.497 e. The van der Waals surface area contributed by atoms with Gasteiger partial charge in [0.05, 0.1) is 19.8 Å². The highest BCUT2D eigenvalue weighted by atomic mass is 32.2. The maximum absolute atomic E-state index is 11.4. The van der Waals surface area contributed by atoms with Crippen LogP contribution in [0, 0.1) is 0 Å². The van der Waals surface area contributed by atoms with Gasteiger partial charge in [0.1, 0.15) is 5.75 Å². The fraction of sp³-hybridized carbons (Fsp3) is 0.294. The Morgan fingerprint density at radius 2 is 1.95 bits per heavy atom. The summed E-state index contributed by atoms with van der Waals surface area (Å²) in [6.07, 6.45) is 1.66. The number of rotatable bonds is 7. The minimum Gasteiger partial charge on any atom is -0.497 e. The highest BCUT2D eigenvalue weighted by Crippen LogP contribution is 2.19. The van der Waals surface area contributed by atoms with Crippen molar-refractivity contribution in [3.8, 4) is 5.75 Å². The van der Waals surface area contributed by atoms with Crippen LogP contribution in [-0.4, -0.2) is 29.3 Å². The first kappa shape index (κ1) is 16.7. The fourth-order valence-corrected chi connectivity index (χ4v) is 2.71. The van der Waals surface area contributed by atoms with Crippen LogP contribution in [0.5, 0.6) is 5.75 Å². The molecule has 0 bridgehead atoms. The van der Waals surface area contributed by atoms with Gasteiger partial charge < -0.3 is 15.2 Å². The maximum atomic E-state index is 11.4. The van der Waals surface area contributed by atoms with Gasteiger partial charge in [0.15, 0.2) is 0 Å². The predicted octanol–water partition coefficient (Wildman–Crippen LogP) is 2.26. The van der Waals surface area contributed by atoms with Gasteiger partial charge >= 0.3 is 0 Å². The standard InChI is InChI=1S/C17H21NO3S/c1-21-15-5-3-4-14(10-15)17(12-19)18-11-13-6-8-16(9-7-13)22(2)20/h3-10,17-19H,11-12H2,1-2H3/t17-,22-/m0/s1. The van der Waals surface area contributed by atoms with Crippen molar-refractivity contribution in [3.05, 3.63) is 59.7 Å². The van der Waals surface area contributed by atoms with E-state index >= 15 is 0 Å². The number of methoxy groups -OCH3 is 1. The van der Waals surface area contributed by atoms with Crippen molar-refractivity contribution in [1.29, 1.82) is 0 Å². The minimum absolute atomic E-state index is 0.00419. The van der Waals surface area contributed by atoms with Crippen LogP contribution in [-0.2, 0) is 17.3 Å². The Morgan fingerprint density at radius 1 is 1.23 bits per heavy atom. The Labute approximate surface area is 133 Å². The lowest BCUT2D eigenvalue weighted by Crippen LogP contribution is -2.24. The molecular weight excluding hydrogens is 298 g/mol. The topological polar surface area (TPSA) is 58.6 Å². The summed E-state index contributed by atoms with van der Waals surface area (Å²) < 4.78 is 16.6. The van der Waals surface area contributed by atoms with E-state index in [2.05, 4.69) is 5.32 Å². The smallest absolute Gasteiger partial charge is 0.119 e. The first-order chi connectivity index (χ1) is 10.6. The number of benzene rings is 2. The number of nitrogens with one attached hydrogen (secondary N) is 1. The molecule has 0 amide bonds. The van der Waals surface area contributed by atoms with Crippen LogP contribution in [0.3, 0.4) is 0 Å². The molecule has 22 heavy (non-hydrogen) atoms. The number of hydrogen-bond donors (Lipinski definition) is 2. The summed E-state index contributed by atoms with van der Waals surface area (Å²) >= 11 is 0. The second kappa shape index (κ2) is 8.08. The van der Waals surface area contributed by atoms with E-state index in [1.165, 1.54) is 0 Å². The van der Waals surface area contributed by atoms with Crippen LogP contribution in [0.2, 0.25) is 0 Å². The van der Waals surface area contributed by atoms with Crippen molar-refractivity contribution in [2.45, 2.75) is 17.5 Å². The van der Waals surface area contributed by atoms with Crippen molar-refractivity contribution < 1.29 is 14.1 Å². The second-order valence-corrected chi connectivity index (χ2v) is 6.37. The van der Waals surface area contributed by atoms with E-state index in [1.54, 1.807) is 13.4 Å². The summed E-state index contributed by atoms with van der Waals surface area (Å²) in [7, 11) is 0.665. The lowest BCUT2D eigenvalue weighted by molar-refractivity contribution is 0.243. The van der Waals surface area contributed by atoms with Crippen molar-refractivity contribution in [2.75, 3.05) is 20.0 Å². The molecule has 0 fully saturated rings. The van der Waals surface area contributed by atoms with Gasteiger partial charge in [-0.15, -0.1) is 0 Å². The van der Waals surface area contributed by atoms with Gasteiger partial charge in [0.25, 0.3) is 0 Å². The van der Waals surface area contributed by atoms with Gasteiger partial charge in [-0.3, -0.25) is 4.21 Å². The third-order valence-electron chi connectivity index (χ3n) is 3.49. The van der Waals surface area contributed by atoms with E-state index < -0.39 is 10.8 Å². The molecule has 0 aliphatic carbocycles. The summed E-state index contributed by atoms with van der Waals surface area (Å²) in [6.45, 7) is 0.628. The Balaban J connectivity index is 2.02. The van der Waals surface area contributed by atoms with Crippen LogP contribution in [0.4, 0.5) is 0 Å². The molecule has 0 aliphatic heterocycles. The Morgan fingerprint density at radius 3 is 2.55 bits per heavy atom. The molecule has 0 aliphatic rings. The minimum atomic E-state index is -0.959. The van der Waals surface area contributed by atoms with E-state index in [1.807, 2.05) is 48.5 Å². The quantitative estimate of drug-likeness (QED) is 0.822. The molecule has 0 unspecified atom stereocenters. The molecule has 2 atom stereocenters. The Hall–Kier alpha value is -1.69. The Bertz CT molecular complexity index is 628. The molecule has 118 valence electrons. The molecule has 2 N–H and O–H groups in total. The van der Waals surface area contributed by atoms with E-state index in [0.717, 1.165) is 21.8 Å². The average molecular weight is 319 g/mol. The molecule has 2 aromatic carbocycles. The predicted molar refractivity (Wildman–Crippen MR) is 88.4 cm³/mol. The van der Waals surface area contributed by atoms with Gasteiger partial charge in [0, 0.05) is 28.5 Å². The zero-order chi connectivity index (χ0) is 15.9. The summed E-state index contributed by atoms with van der Waals surface area (Å²) in [5, 5.41) is 12.9. The van der Waals surface area contributed by atoms with Crippen molar-refractivity contribution in [3.63, 3.8) is 0 Å². The summed E-state index contributed by atoms with van der Waals surface area (Å²) in [6, 6.07) is 15.1. The van der Waals surface area contributed by atoms with Gasteiger partial charge in [0.2, 0.25) is 0 Å². The van der Waals surface area contributed by atoms with Gasteiger partial charge in [-0.1, -0.05) is 24.3 Å². The van der Waals surface area contributed by atoms with E-state index in [4.69, 9.17) is 4.74 Å². The highest BCUT2D eigenvalue weighted by molar-refractivity contribution is 7.84. The van der Waals surface area contributed by atoms with E-state index in [-0.39, 0.29) is 12.6 Å². The molecule has 5 heteroatoms. The molecular formula is C17H21NO3S. The molecule has 0 spiro atoms. The van der Waals surface area contributed by atoms with Gasteiger partial charge in [-0.25, -0.2) is 0 Å². The van der Waals surface area contributed by atoms with E-state index in [9.17, 15) is 9.32 Å². The molecule has 0 heterocycles. The highest BCUT2D eigenvalue weighted by Gasteiger charge is 2.10. The lowest BCUT2D eigenvalue weighted by atomic mass is 10.1. The van der Waals surface area contributed by atoms with Crippen molar-refractivity contribution >= 4 is 10.8 Å². The zero-order valence-corrected chi connectivity index (χ0v) is 13.6. The number of aliphatic hydroxyl groups excluding tert-OH is 1. The van der Waals surface area contributed by atoms with Gasteiger partial charge in [-0.05, 0) is 35.4 Å². The molecule has 0 saturated heterocycles. The van der Waals surface area contributed by atoms with Crippen LogP contribution < -0.4 is 10.1 Å². The lowest BCUT2D eigenvalue weighted by Gasteiger charge is -2.17. The second-order valence-electron chi connectivity index (χ2n) is 4.99. The third-order valence-corrected chi connectivity index (χ3v) is 4.42. The molecule has 0 saturated carbocycles. The van der Waals surface area contributed by atoms with Crippen LogP contribution in [0.25, 0.3) is 0 Å². The zero-order valence-electron chi connectivity index (χ0n) is 12.8. The molecule has 2 aromatic rings. The first-order valence-corrected chi connectivity index (χ1v) is 8.60. The monoisotopic (exact) mass is 319 g/mol. The number of hydrogen-bond acceptors (Lipinski definition) is 4. The number of aliphatic hydroxyl groups is 1.